The lowest BCUT2D eigenvalue weighted by molar-refractivity contribution is 0.0952. The van der Waals surface area contributed by atoms with Crippen molar-refractivity contribution in [2.45, 2.75) is 45.1 Å². The number of nitrogens with one attached hydrogen (secondary N) is 1. The van der Waals surface area contributed by atoms with Crippen molar-refractivity contribution in [1.82, 2.24) is 20.1 Å². The summed E-state index contributed by atoms with van der Waals surface area (Å²) in [4.78, 5) is 17.1. The molecule has 1 saturated carbocycles. The summed E-state index contributed by atoms with van der Waals surface area (Å²) >= 11 is 0. The van der Waals surface area contributed by atoms with E-state index in [0.717, 1.165) is 29.6 Å². The van der Waals surface area contributed by atoms with Gasteiger partial charge < -0.3 is 5.32 Å². The zero-order chi connectivity index (χ0) is 14.5. The van der Waals surface area contributed by atoms with Crippen molar-refractivity contribution in [1.29, 1.82) is 0 Å². The maximum Gasteiger partial charge on any atom is 0.252 e. The molecule has 1 fully saturated rings. The van der Waals surface area contributed by atoms with E-state index in [1.54, 1.807) is 10.9 Å². The minimum atomic E-state index is -0.104. The Hall–Kier alpha value is -1.91. The molecule has 2 heterocycles. The standard InChI is InChI=1S/C15H20N4O/c1-15(2,3)12-7-10(14(20)17-9-5-6-9)11-8-16-19(4)13(11)18-12/h7-9H,5-6H2,1-4H3,(H,17,20). The quantitative estimate of drug-likeness (QED) is 0.911. The Morgan fingerprint density at radius 3 is 2.70 bits per heavy atom. The first kappa shape index (κ1) is 13.1. The summed E-state index contributed by atoms with van der Waals surface area (Å²) in [6.07, 6.45) is 3.88. The molecule has 0 saturated heterocycles. The molecule has 0 unspecified atom stereocenters. The molecule has 0 spiro atoms. The largest absolute Gasteiger partial charge is 0.349 e. The minimum Gasteiger partial charge on any atom is -0.349 e. The number of rotatable bonds is 2. The molecule has 1 aliphatic rings. The van der Waals surface area contributed by atoms with Crippen LogP contribution in [0.1, 0.15) is 49.7 Å². The Morgan fingerprint density at radius 2 is 2.10 bits per heavy atom. The Morgan fingerprint density at radius 1 is 1.40 bits per heavy atom. The van der Waals surface area contributed by atoms with Gasteiger partial charge >= 0.3 is 0 Å². The van der Waals surface area contributed by atoms with E-state index in [1.807, 2.05) is 13.1 Å². The summed E-state index contributed by atoms with van der Waals surface area (Å²) in [7, 11) is 1.85. The van der Waals surface area contributed by atoms with Crippen molar-refractivity contribution in [3.63, 3.8) is 0 Å². The maximum absolute atomic E-state index is 12.4. The van der Waals surface area contributed by atoms with Crippen LogP contribution in [0, 0.1) is 0 Å². The summed E-state index contributed by atoms with van der Waals surface area (Å²) in [5.41, 5.74) is 2.25. The minimum absolute atomic E-state index is 0.0154. The lowest BCUT2D eigenvalue weighted by atomic mass is 9.90. The van der Waals surface area contributed by atoms with Gasteiger partial charge in [0.25, 0.3) is 5.91 Å². The summed E-state index contributed by atoms with van der Waals surface area (Å²) in [5.74, 6) is -0.0154. The molecule has 5 nitrogen and oxygen atoms in total. The lowest BCUT2D eigenvalue weighted by Gasteiger charge is -2.19. The predicted molar refractivity (Wildman–Crippen MR) is 77.7 cm³/mol. The first-order chi connectivity index (χ1) is 9.36. The number of amides is 1. The normalized spacial score (nSPS) is 15.6. The smallest absolute Gasteiger partial charge is 0.252 e. The van der Waals surface area contributed by atoms with E-state index in [1.165, 1.54) is 0 Å². The van der Waals surface area contributed by atoms with Gasteiger partial charge in [-0.2, -0.15) is 5.10 Å². The van der Waals surface area contributed by atoms with Crippen LogP contribution in [0.25, 0.3) is 11.0 Å². The van der Waals surface area contributed by atoms with Crippen molar-refractivity contribution in [3.05, 3.63) is 23.5 Å². The van der Waals surface area contributed by atoms with E-state index in [9.17, 15) is 4.79 Å². The van der Waals surface area contributed by atoms with Crippen LogP contribution in [0.3, 0.4) is 0 Å². The molecule has 3 rings (SSSR count). The van der Waals surface area contributed by atoms with Crippen LogP contribution >= 0.6 is 0 Å². The van der Waals surface area contributed by atoms with E-state index in [0.29, 0.717) is 11.6 Å². The van der Waals surface area contributed by atoms with Gasteiger partial charge in [0, 0.05) is 24.2 Å². The highest BCUT2D eigenvalue weighted by molar-refractivity contribution is 6.05. The zero-order valence-corrected chi connectivity index (χ0v) is 12.4. The summed E-state index contributed by atoms with van der Waals surface area (Å²) in [6.45, 7) is 6.29. The SMILES string of the molecule is Cn1ncc2c(C(=O)NC3CC3)cc(C(C)(C)C)nc21. The van der Waals surface area contributed by atoms with Gasteiger partial charge in [0.15, 0.2) is 5.65 Å². The third-order valence-electron chi connectivity index (χ3n) is 3.63. The van der Waals surface area contributed by atoms with Gasteiger partial charge in [0.1, 0.15) is 0 Å². The zero-order valence-electron chi connectivity index (χ0n) is 12.4. The number of carbonyl (C=O) groups excluding carboxylic acids is 1. The number of hydrogen-bond acceptors (Lipinski definition) is 3. The molecule has 5 heteroatoms. The van der Waals surface area contributed by atoms with Gasteiger partial charge in [0.2, 0.25) is 0 Å². The second-order valence-electron chi connectivity index (χ2n) is 6.56. The van der Waals surface area contributed by atoms with Crippen LogP contribution in [0.2, 0.25) is 0 Å². The van der Waals surface area contributed by atoms with Crippen LogP contribution in [0.5, 0.6) is 0 Å². The monoisotopic (exact) mass is 272 g/mol. The van der Waals surface area contributed by atoms with Crippen LogP contribution in [0.15, 0.2) is 12.3 Å². The second-order valence-corrected chi connectivity index (χ2v) is 6.56. The van der Waals surface area contributed by atoms with Gasteiger partial charge in [-0.3, -0.25) is 9.48 Å². The maximum atomic E-state index is 12.4. The van der Waals surface area contributed by atoms with Crippen LogP contribution in [0.4, 0.5) is 0 Å². The number of aryl methyl sites for hydroxylation is 1. The number of carbonyl (C=O) groups is 1. The van der Waals surface area contributed by atoms with Gasteiger partial charge in [-0.15, -0.1) is 0 Å². The van der Waals surface area contributed by atoms with Crippen molar-refractivity contribution < 1.29 is 4.79 Å². The summed E-state index contributed by atoms with van der Waals surface area (Å²) < 4.78 is 1.72. The van der Waals surface area contributed by atoms with Crippen molar-refractivity contribution >= 4 is 16.9 Å². The molecule has 0 atom stereocenters. The van der Waals surface area contributed by atoms with E-state index >= 15 is 0 Å². The Labute approximate surface area is 118 Å². The highest BCUT2D eigenvalue weighted by Crippen LogP contribution is 2.27. The number of nitrogens with zero attached hydrogens (tertiary/aromatic N) is 3. The van der Waals surface area contributed by atoms with Gasteiger partial charge in [0.05, 0.1) is 17.1 Å². The fraction of sp³-hybridized carbons (Fsp3) is 0.533. The number of fused-ring (bicyclic) bond motifs is 1. The van der Waals surface area contributed by atoms with Crippen molar-refractivity contribution in [2.24, 2.45) is 7.05 Å². The van der Waals surface area contributed by atoms with Gasteiger partial charge in [-0.05, 0) is 18.9 Å². The molecule has 1 N–H and O–H groups in total. The Kier molecular flexibility index (Phi) is 2.81. The lowest BCUT2D eigenvalue weighted by Crippen LogP contribution is -2.26. The van der Waals surface area contributed by atoms with Crippen molar-refractivity contribution in [2.75, 3.05) is 0 Å². The molecule has 0 aliphatic heterocycles. The number of pyridine rings is 1. The second kappa shape index (κ2) is 4.30. The fourth-order valence-corrected chi connectivity index (χ4v) is 2.18. The summed E-state index contributed by atoms with van der Waals surface area (Å²) in [6, 6.07) is 2.25. The topological polar surface area (TPSA) is 59.8 Å². The predicted octanol–water partition coefficient (Wildman–Crippen LogP) is 2.16. The molecule has 0 bridgehead atoms. The highest BCUT2D eigenvalue weighted by atomic mass is 16.1. The summed E-state index contributed by atoms with van der Waals surface area (Å²) in [5, 5.41) is 8.10. The third-order valence-corrected chi connectivity index (χ3v) is 3.63. The highest BCUT2D eigenvalue weighted by Gasteiger charge is 2.27. The van der Waals surface area contributed by atoms with E-state index < -0.39 is 0 Å². The molecular weight excluding hydrogens is 252 g/mol. The van der Waals surface area contributed by atoms with Crippen LogP contribution < -0.4 is 5.32 Å². The van der Waals surface area contributed by atoms with Gasteiger partial charge in [-0.1, -0.05) is 20.8 Å². The molecule has 2 aromatic rings. The average Bonchev–Trinajstić information content (AvgIpc) is 3.10. The average molecular weight is 272 g/mol. The van der Waals surface area contributed by atoms with E-state index in [4.69, 9.17) is 0 Å². The fourth-order valence-electron chi connectivity index (χ4n) is 2.18. The third kappa shape index (κ3) is 2.28. The van der Waals surface area contributed by atoms with Crippen molar-refractivity contribution in [3.8, 4) is 0 Å². The van der Waals surface area contributed by atoms with E-state index in [2.05, 4.69) is 36.2 Å². The molecule has 1 aliphatic carbocycles. The van der Waals surface area contributed by atoms with E-state index in [-0.39, 0.29) is 11.3 Å². The Balaban J connectivity index is 2.14. The molecule has 106 valence electrons. The molecule has 2 aromatic heterocycles. The molecular formula is C15H20N4O. The number of aromatic nitrogens is 3. The molecule has 20 heavy (non-hydrogen) atoms. The molecule has 1 amide bonds. The molecule has 0 aromatic carbocycles. The first-order valence-corrected chi connectivity index (χ1v) is 7.00. The Bertz CT molecular complexity index is 677. The molecule has 0 radical (unpaired) electrons. The van der Waals surface area contributed by atoms with Crippen LogP contribution in [-0.2, 0) is 12.5 Å². The van der Waals surface area contributed by atoms with Gasteiger partial charge in [-0.25, -0.2) is 4.98 Å². The van der Waals surface area contributed by atoms with Crippen LogP contribution in [-0.4, -0.2) is 26.7 Å². The number of hydrogen-bond donors (Lipinski definition) is 1. The first-order valence-electron chi connectivity index (χ1n) is 7.00.